The molecule has 0 aliphatic rings. The Kier molecular flexibility index (Phi) is 6.76. The molecule has 0 saturated carbocycles. The van der Waals surface area contributed by atoms with Gasteiger partial charge in [-0.2, -0.15) is 18.2 Å². The monoisotopic (exact) mass is 467 g/mol. The van der Waals surface area contributed by atoms with Crippen LogP contribution in [0.1, 0.15) is 26.5 Å². The van der Waals surface area contributed by atoms with Gasteiger partial charge in [-0.3, -0.25) is 9.59 Å². The van der Waals surface area contributed by atoms with Gasteiger partial charge in [-0.15, -0.1) is 0 Å². The third kappa shape index (κ3) is 5.70. The van der Waals surface area contributed by atoms with Crippen LogP contribution in [-0.4, -0.2) is 33.8 Å². The number of carbonyl (C=O) groups is 2. The Morgan fingerprint density at radius 2 is 1.74 bits per heavy atom. The average molecular weight is 468 g/mol. The molecule has 31 heavy (non-hydrogen) atoms. The topological polar surface area (TPSA) is 96.9 Å². The summed E-state index contributed by atoms with van der Waals surface area (Å²) >= 11 is 6.74. The summed E-state index contributed by atoms with van der Waals surface area (Å²) in [6.07, 6.45) is -3.45. The fourth-order valence-corrected chi connectivity index (χ4v) is 3.29. The third-order valence-corrected chi connectivity index (χ3v) is 5.05. The number of aromatic nitrogens is 3. The first kappa shape index (κ1) is 22.5. The maximum Gasteiger partial charge on any atom is 0.417 e. The molecule has 2 aromatic carbocycles. The summed E-state index contributed by atoms with van der Waals surface area (Å²) in [6, 6.07) is 9.40. The van der Waals surface area contributed by atoms with Crippen molar-refractivity contribution in [2.24, 2.45) is 0 Å². The van der Waals surface area contributed by atoms with Crippen molar-refractivity contribution in [2.75, 3.05) is 12.4 Å². The molecule has 0 saturated heterocycles. The van der Waals surface area contributed by atoms with E-state index in [2.05, 4.69) is 25.6 Å². The predicted molar refractivity (Wildman–Crippen MR) is 108 cm³/mol. The van der Waals surface area contributed by atoms with Gasteiger partial charge >= 0.3 is 6.18 Å². The van der Waals surface area contributed by atoms with Crippen LogP contribution in [0.5, 0.6) is 0 Å². The zero-order chi connectivity index (χ0) is 22.6. The van der Waals surface area contributed by atoms with Crippen LogP contribution in [0, 0.1) is 0 Å². The van der Waals surface area contributed by atoms with Gasteiger partial charge in [0.25, 0.3) is 11.8 Å². The van der Waals surface area contributed by atoms with E-state index in [4.69, 9.17) is 11.6 Å². The van der Waals surface area contributed by atoms with E-state index >= 15 is 0 Å². The Bertz CT molecular complexity index is 1130. The molecule has 7 nitrogen and oxygen atoms in total. The van der Waals surface area contributed by atoms with Gasteiger partial charge in [-0.1, -0.05) is 11.6 Å². The highest BCUT2D eigenvalue weighted by Crippen LogP contribution is 2.35. The zero-order valence-corrected chi connectivity index (χ0v) is 17.3. The number of alkyl halides is 3. The number of rotatable bonds is 5. The molecule has 2 amide bonds. The van der Waals surface area contributed by atoms with Crippen LogP contribution in [0.3, 0.4) is 0 Å². The summed E-state index contributed by atoms with van der Waals surface area (Å²) in [7, 11) is 1.46. The molecule has 1 heterocycles. The van der Waals surface area contributed by atoms with E-state index in [1.54, 1.807) is 24.3 Å². The highest BCUT2D eigenvalue weighted by molar-refractivity contribution is 7.99. The van der Waals surface area contributed by atoms with Crippen molar-refractivity contribution in [1.29, 1.82) is 0 Å². The smallest absolute Gasteiger partial charge is 0.352 e. The van der Waals surface area contributed by atoms with E-state index in [1.165, 1.54) is 31.2 Å². The second kappa shape index (κ2) is 9.31. The number of amides is 2. The van der Waals surface area contributed by atoms with Gasteiger partial charge in [-0.25, -0.2) is 9.97 Å². The van der Waals surface area contributed by atoms with Gasteiger partial charge in [0.1, 0.15) is 6.33 Å². The normalized spacial score (nSPS) is 11.1. The predicted octanol–water partition coefficient (Wildman–Crippen LogP) is 4.31. The van der Waals surface area contributed by atoms with Crippen LogP contribution >= 0.6 is 23.4 Å². The molecular weight excluding hydrogens is 455 g/mol. The number of nitrogens with zero attached hydrogens (tertiary/aromatic N) is 3. The second-order valence-electron chi connectivity index (χ2n) is 5.94. The number of nitrogens with one attached hydrogen (secondary N) is 2. The Hall–Kier alpha value is -3.18. The lowest BCUT2D eigenvalue weighted by Gasteiger charge is -2.11. The Balaban J connectivity index is 1.70. The summed E-state index contributed by atoms with van der Waals surface area (Å²) in [5, 5.41) is 4.76. The molecule has 0 bridgehead atoms. The lowest BCUT2D eigenvalue weighted by molar-refractivity contribution is -0.137. The summed E-state index contributed by atoms with van der Waals surface area (Å²) in [6.45, 7) is 0. The van der Waals surface area contributed by atoms with Crippen LogP contribution in [0.4, 0.5) is 18.9 Å². The third-order valence-electron chi connectivity index (χ3n) is 3.84. The van der Waals surface area contributed by atoms with Crippen molar-refractivity contribution in [3.8, 4) is 0 Å². The molecule has 0 spiro atoms. The van der Waals surface area contributed by atoms with E-state index in [9.17, 15) is 22.8 Å². The summed E-state index contributed by atoms with van der Waals surface area (Å²) < 4.78 is 38.9. The molecule has 0 aliphatic carbocycles. The van der Waals surface area contributed by atoms with Gasteiger partial charge in [0.15, 0.2) is 5.16 Å². The number of hydrogen-bond acceptors (Lipinski definition) is 6. The quantitative estimate of drug-likeness (QED) is 0.580. The Labute approximate surface area is 183 Å². The van der Waals surface area contributed by atoms with E-state index in [-0.39, 0.29) is 11.4 Å². The molecule has 0 unspecified atom stereocenters. The van der Waals surface area contributed by atoms with Crippen LogP contribution in [0.25, 0.3) is 0 Å². The van der Waals surface area contributed by atoms with Crippen LogP contribution in [0.15, 0.2) is 58.8 Å². The lowest BCUT2D eigenvalue weighted by Crippen LogP contribution is -2.21. The van der Waals surface area contributed by atoms with Crippen molar-refractivity contribution in [3.63, 3.8) is 0 Å². The molecule has 12 heteroatoms. The lowest BCUT2D eigenvalue weighted by atomic mass is 10.1. The second-order valence-corrected chi connectivity index (χ2v) is 7.39. The Morgan fingerprint density at radius 1 is 1.03 bits per heavy atom. The van der Waals surface area contributed by atoms with Gasteiger partial charge in [0, 0.05) is 23.2 Å². The minimum Gasteiger partial charge on any atom is -0.352 e. The van der Waals surface area contributed by atoms with Gasteiger partial charge < -0.3 is 10.6 Å². The zero-order valence-electron chi connectivity index (χ0n) is 15.7. The van der Waals surface area contributed by atoms with Gasteiger partial charge in [-0.05, 0) is 54.2 Å². The number of anilines is 1. The molecule has 0 aliphatic heterocycles. The van der Waals surface area contributed by atoms with Crippen LogP contribution < -0.4 is 10.6 Å². The maximum atomic E-state index is 13.0. The first-order valence-corrected chi connectivity index (χ1v) is 9.74. The summed E-state index contributed by atoms with van der Waals surface area (Å²) in [5.74, 6) is -1.18. The highest BCUT2D eigenvalue weighted by Gasteiger charge is 2.33. The molecule has 0 atom stereocenters. The first-order valence-electron chi connectivity index (χ1n) is 8.54. The molecule has 160 valence electrons. The standard InChI is InChI=1S/C19H13ClF3N5O2S/c1-24-17(30)15-25-9-26-18(28-15)31-12-5-3-11(4-6-12)27-16(29)10-2-7-14(20)13(8-10)19(21,22)23/h2-9H,1H3,(H,24,30)(H,27,29). The minimum absolute atomic E-state index is 0.0231. The number of carbonyl (C=O) groups excluding carboxylic acids is 2. The van der Waals surface area contributed by atoms with E-state index in [0.717, 1.165) is 6.07 Å². The summed E-state index contributed by atoms with van der Waals surface area (Å²) in [4.78, 5) is 36.4. The number of halogens is 4. The largest absolute Gasteiger partial charge is 0.417 e. The average Bonchev–Trinajstić information content (AvgIpc) is 2.74. The molecule has 0 fully saturated rings. The van der Waals surface area contributed by atoms with Crippen molar-refractivity contribution in [2.45, 2.75) is 16.2 Å². The van der Waals surface area contributed by atoms with E-state index in [1.807, 2.05) is 0 Å². The van der Waals surface area contributed by atoms with Crippen LogP contribution in [0.2, 0.25) is 5.02 Å². The van der Waals surface area contributed by atoms with Crippen molar-refractivity contribution in [3.05, 3.63) is 70.8 Å². The molecule has 3 aromatic rings. The molecular formula is C19H13ClF3N5O2S. The number of hydrogen-bond donors (Lipinski definition) is 2. The maximum absolute atomic E-state index is 13.0. The Morgan fingerprint density at radius 3 is 2.39 bits per heavy atom. The molecule has 2 N–H and O–H groups in total. The van der Waals surface area contributed by atoms with E-state index < -0.39 is 28.6 Å². The molecule has 3 rings (SSSR count). The SMILES string of the molecule is CNC(=O)c1ncnc(Sc2ccc(NC(=O)c3ccc(Cl)c(C(F)(F)F)c3)cc2)n1. The van der Waals surface area contributed by atoms with Gasteiger partial charge in [0.05, 0.1) is 10.6 Å². The molecule has 1 aromatic heterocycles. The minimum atomic E-state index is -4.67. The number of benzene rings is 2. The fourth-order valence-electron chi connectivity index (χ4n) is 2.35. The fraction of sp³-hybridized carbons (Fsp3) is 0.105. The first-order chi connectivity index (χ1) is 14.7. The summed E-state index contributed by atoms with van der Waals surface area (Å²) in [5.41, 5.74) is -0.885. The highest BCUT2D eigenvalue weighted by atomic mass is 35.5. The van der Waals surface area contributed by atoms with Crippen molar-refractivity contribution >= 4 is 40.9 Å². The van der Waals surface area contributed by atoms with Crippen molar-refractivity contribution < 1.29 is 22.8 Å². The van der Waals surface area contributed by atoms with Gasteiger partial charge in [0.2, 0.25) is 5.82 Å². The van der Waals surface area contributed by atoms with E-state index in [0.29, 0.717) is 21.8 Å². The van der Waals surface area contributed by atoms with Crippen molar-refractivity contribution in [1.82, 2.24) is 20.3 Å². The van der Waals surface area contributed by atoms with Crippen LogP contribution in [-0.2, 0) is 6.18 Å². The molecule has 0 radical (unpaired) electrons.